The Morgan fingerprint density at radius 2 is 1.64 bits per heavy atom. The predicted molar refractivity (Wildman–Crippen MR) is 131 cm³/mol. The molecule has 33 heavy (non-hydrogen) atoms. The van der Waals surface area contributed by atoms with Gasteiger partial charge in [-0.25, -0.2) is 8.42 Å². The fraction of sp³-hybridized carbons (Fsp3) is 0.500. The first kappa shape index (κ1) is 25.2. The summed E-state index contributed by atoms with van der Waals surface area (Å²) in [5, 5.41) is 0. The van der Waals surface area contributed by atoms with Gasteiger partial charge < -0.3 is 9.64 Å². The number of ether oxygens (including phenoxy) is 1. The number of carbonyl (C=O) groups excluding carboxylic acids is 1. The molecule has 1 aliphatic heterocycles. The number of hydrogen-bond donors (Lipinski definition) is 0. The van der Waals surface area contributed by atoms with Crippen molar-refractivity contribution in [3.63, 3.8) is 0 Å². The van der Waals surface area contributed by atoms with Crippen molar-refractivity contribution in [2.24, 2.45) is 0 Å². The van der Waals surface area contributed by atoms with E-state index in [1.54, 1.807) is 12.1 Å². The fourth-order valence-electron chi connectivity index (χ4n) is 4.15. The summed E-state index contributed by atoms with van der Waals surface area (Å²) in [6, 6.07) is 13.1. The van der Waals surface area contributed by atoms with E-state index in [4.69, 9.17) is 4.74 Å². The maximum absolute atomic E-state index is 12.7. The number of aryl methyl sites for hydroxylation is 3. The molecule has 0 radical (unpaired) electrons. The van der Waals surface area contributed by atoms with Crippen LogP contribution in [0.4, 0.5) is 0 Å². The summed E-state index contributed by atoms with van der Waals surface area (Å²) in [7, 11) is -3.45. The van der Waals surface area contributed by atoms with Crippen LogP contribution < -0.4 is 4.74 Å². The van der Waals surface area contributed by atoms with E-state index in [-0.39, 0.29) is 12.0 Å². The Kier molecular flexibility index (Phi) is 8.54. The van der Waals surface area contributed by atoms with Crippen molar-refractivity contribution in [3.05, 3.63) is 59.2 Å². The summed E-state index contributed by atoms with van der Waals surface area (Å²) in [6.45, 7) is 10.1. The van der Waals surface area contributed by atoms with Crippen LogP contribution in [0.15, 0.2) is 47.4 Å². The zero-order valence-corrected chi connectivity index (χ0v) is 21.0. The highest BCUT2D eigenvalue weighted by Crippen LogP contribution is 2.22. The Labute approximate surface area is 198 Å². The predicted octanol–water partition coefficient (Wildman–Crippen LogP) is 4.34. The molecule has 0 aromatic heterocycles. The quantitative estimate of drug-likeness (QED) is 0.545. The first-order valence-electron chi connectivity index (χ1n) is 11.8. The summed E-state index contributed by atoms with van der Waals surface area (Å²) < 4.78 is 32.8. The van der Waals surface area contributed by atoms with E-state index in [1.807, 2.05) is 36.9 Å². The molecule has 0 atom stereocenters. The average Bonchev–Trinajstić information content (AvgIpc) is 2.81. The van der Waals surface area contributed by atoms with Crippen LogP contribution in [0.3, 0.4) is 0 Å². The van der Waals surface area contributed by atoms with Crippen molar-refractivity contribution in [3.8, 4) is 5.75 Å². The molecule has 2 aromatic rings. The normalized spacial score (nSPS) is 15.1. The van der Waals surface area contributed by atoms with E-state index in [9.17, 15) is 13.2 Å². The fourth-order valence-corrected chi connectivity index (χ4v) is 5.61. The molecule has 7 heteroatoms. The van der Waals surface area contributed by atoms with E-state index in [1.165, 1.54) is 15.4 Å². The SMILES string of the molecule is CCN(CC)S(=O)(=O)c1ccc(CCC(=O)N2CCC(Oc3ccc(C)c(C)c3)CC2)cc1. The molecule has 0 unspecified atom stereocenters. The molecule has 3 rings (SSSR count). The van der Waals surface area contributed by atoms with E-state index in [2.05, 4.69) is 26.0 Å². The van der Waals surface area contributed by atoms with Gasteiger partial charge in [0.25, 0.3) is 0 Å². The van der Waals surface area contributed by atoms with Crippen LogP contribution in [-0.4, -0.2) is 55.8 Å². The van der Waals surface area contributed by atoms with Gasteiger partial charge in [-0.15, -0.1) is 0 Å². The van der Waals surface area contributed by atoms with Crippen molar-refractivity contribution in [1.82, 2.24) is 9.21 Å². The lowest BCUT2D eigenvalue weighted by atomic mass is 10.1. The Morgan fingerprint density at radius 1 is 1.00 bits per heavy atom. The molecule has 1 amide bonds. The molecule has 1 saturated heterocycles. The number of nitrogens with zero attached hydrogens (tertiary/aromatic N) is 2. The average molecular weight is 473 g/mol. The summed E-state index contributed by atoms with van der Waals surface area (Å²) in [5.41, 5.74) is 3.44. The highest BCUT2D eigenvalue weighted by atomic mass is 32.2. The molecular weight excluding hydrogens is 436 g/mol. The molecule has 1 heterocycles. The molecule has 2 aromatic carbocycles. The van der Waals surface area contributed by atoms with E-state index < -0.39 is 10.0 Å². The summed E-state index contributed by atoms with van der Waals surface area (Å²) in [5.74, 6) is 1.04. The number of likely N-dealkylation sites (tertiary alicyclic amines) is 1. The second kappa shape index (κ2) is 11.2. The summed E-state index contributed by atoms with van der Waals surface area (Å²) >= 11 is 0. The van der Waals surface area contributed by atoms with Gasteiger partial charge in [0.1, 0.15) is 11.9 Å². The van der Waals surface area contributed by atoms with Gasteiger partial charge in [0.2, 0.25) is 15.9 Å². The van der Waals surface area contributed by atoms with Gasteiger partial charge in [0, 0.05) is 45.4 Å². The van der Waals surface area contributed by atoms with Crippen LogP contribution in [0.25, 0.3) is 0 Å². The van der Waals surface area contributed by atoms with Crippen LogP contribution in [-0.2, 0) is 21.2 Å². The number of sulfonamides is 1. The Balaban J connectivity index is 1.47. The van der Waals surface area contributed by atoms with Gasteiger partial charge in [-0.3, -0.25) is 4.79 Å². The maximum Gasteiger partial charge on any atom is 0.243 e. The molecule has 0 spiro atoms. The lowest BCUT2D eigenvalue weighted by Gasteiger charge is -2.32. The summed E-state index contributed by atoms with van der Waals surface area (Å²) in [4.78, 5) is 14.9. The third-order valence-corrected chi connectivity index (χ3v) is 8.53. The van der Waals surface area contributed by atoms with E-state index in [0.29, 0.717) is 43.9 Å². The van der Waals surface area contributed by atoms with Crippen molar-refractivity contribution in [1.29, 1.82) is 0 Å². The third-order valence-electron chi connectivity index (χ3n) is 6.47. The van der Waals surface area contributed by atoms with Crippen molar-refractivity contribution >= 4 is 15.9 Å². The zero-order valence-electron chi connectivity index (χ0n) is 20.2. The van der Waals surface area contributed by atoms with Gasteiger partial charge in [-0.05, 0) is 61.2 Å². The van der Waals surface area contributed by atoms with Gasteiger partial charge >= 0.3 is 0 Å². The smallest absolute Gasteiger partial charge is 0.243 e. The minimum absolute atomic E-state index is 0.136. The molecule has 1 aliphatic rings. The van der Waals surface area contributed by atoms with Crippen LogP contribution in [0, 0.1) is 13.8 Å². The monoisotopic (exact) mass is 472 g/mol. The van der Waals surface area contributed by atoms with Gasteiger partial charge in [-0.2, -0.15) is 4.31 Å². The second-order valence-corrected chi connectivity index (χ2v) is 10.6. The highest BCUT2D eigenvalue weighted by molar-refractivity contribution is 7.89. The molecule has 0 bridgehead atoms. The molecule has 0 N–H and O–H groups in total. The topological polar surface area (TPSA) is 66.9 Å². The standard InChI is InChI=1S/C26H36N2O4S/c1-5-28(6-2)33(30,31)25-12-8-22(9-13-25)10-14-26(29)27-17-15-23(16-18-27)32-24-11-7-20(3)21(4)19-24/h7-9,11-13,19,23H,5-6,10,14-18H2,1-4H3. The highest BCUT2D eigenvalue weighted by Gasteiger charge is 2.24. The van der Waals surface area contributed by atoms with Crippen LogP contribution >= 0.6 is 0 Å². The Morgan fingerprint density at radius 3 is 2.21 bits per heavy atom. The molecule has 0 aliphatic carbocycles. The molecule has 0 saturated carbocycles. The van der Waals surface area contributed by atoms with Crippen molar-refractivity contribution in [2.75, 3.05) is 26.2 Å². The number of rotatable bonds is 9. The zero-order chi connectivity index (χ0) is 24.0. The Bertz CT molecular complexity index is 1040. The number of amides is 1. The van der Waals surface area contributed by atoms with E-state index in [0.717, 1.165) is 24.2 Å². The van der Waals surface area contributed by atoms with Gasteiger partial charge in [0.15, 0.2) is 0 Å². The van der Waals surface area contributed by atoms with Gasteiger partial charge in [0.05, 0.1) is 4.90 Å². The first-order valence-corrected chi connectivity index (χ1v) is 13.3. The largest absolute Gasteiger partial charge is 0.490 e. The minimum atomic E-state index is -3.45. The first-order chi connectivity index (χ1) is 15.7. The van der Waals surface area contributed by atoms with Crippen molar-refractivity contribution in [2.45, 2.75) is 64.4 Å². The minimum Gasteiger partial charge on any atom is -0.490 e. The summed E-state index contributed by atoms with van der Waals surface area (Å²) in [6.07, 6.45) is 2.82. The molecule has 180 valence electrons. The van der Waals surface area contributed by atoms with Gasteiger partial charge in [-0.1, -0.05) is 32.0 Å². The molecule has 1 fully saturated rings. The lowest BCUT2D eigenvalue weighted by Crippen LogP contribution is -2.41. The number of benzene rings is 2. The van der Waals surface area contributed by atoms with Crippen LogP contribution in [0.2, 0.25) is 0 Å². The number of piperidine rings is 1. The number of hydrogen-bond acceptors (Lipinski definition) is 4. The van der Waals surface area contributed by atoms with E-state index >= 15 is 0 Å². The van der Waals surface area contributed by atoms with Crippen LogP contribution in [0.5, 0.6) is 5.75 Å². The third kappa shape index (κ3) is 6.36. The Hall–Kier alpha value is -2.38. The lowest BCUT2D eigenvalue weighted by molar-refractivity contribution is -0.132. The van der Waals surface area contributed by atoms with Crippen LogP contribution in [0.1, 0.15) is 49.8 Å². The number of carbonyl (C=O) groups is 1. The maximum atomic E-state index is 12.7. The molecule has 6 nitrogen and oxygen atoms in total. The molecular formula is C26H36N2O4S. The second-order valence-electron chi connectivity index (χ2n) is 8.68. The van der Waals surface area contributed by atoms with Crippen molar-refractivity contribution < 1.29 is 17.9 Å².